The summed E-state index contributed by atoms with van der Waals surface area (Å²) in [4.78, 5) is 16.2. The number of methoxy groups -OCH3 is 1. The molecule has 0 aliphatic carbocycles. The largest absolute Gasteiger partial charge is 0.481 e. The number of pyridine rings is 1. The fourth-order valence-electron chi connectivity index (χ4n) is 1.83. The van der Waals surface area contributed by atoms with Crippen LogP contribution in [0, 0.1) is 5.92 Å². The number of hydrogen-bond acceptors (Lipinski definition) is 4. The summed E-state index contributed by atoms with van der Waals surface area (Å²) < 4.78 is 5.07. The highest BCUT2D eigenvalue weighted by Gasteiger charge is 2.30. The maximum absolute atomic E-state index is 11.9. The standard InChI is InChI=1S/C12H17N3O2/c1-4-7(2)10-12(16)13-8-5-6-9(17-3)14-11(8)15-10/h5-7,10H,4H2,1-3H3,(H,13,16)(H,14,15). The average Bonchev–Trinajstić information content (AvgIpc) is 2.36. The molecule has 1 aliphatic heterocycles. The minimum atomic E-state index is -0.230. The Bertz CT molecular complexity index is 434. The van der Waals surface area contributed by atoms with Crippen LogP contribution in [0.1, 0.15) is 20.3 Å². The first-order valence-electron chi connectivity index (χ1n) is 5.78. The highest BCUT2D eigenvalue weighted by Crippen LogP contribution is 2.29. The summed E-state index contributed by atoms with van der Waals surface area (Å²) in [5, 5.41) is 6.03. The number of ether oxygens (including phenoxy) is 1. The van der Waals surface area contributed by atoms with Crippen LogP contribution in [0.15, 0.2) is 12.1 Å². The van der Waals surface area contributed by atoms with Crippen molar-refractivity contribution in [2.24, 2.45) is 5.92 Å². The fourth-order valence-corrected chi connectivity index (χ4v) is 1.83. The topological polar surface area (TPSA) is 63.3 Å². The van der Waals surface area contributed by atoms with E-state index in [0.717, 1.165) is 6.42 Å². The molecule has 1 aromatic rings. The van der Waals surface area contributed by atoms with Gasteiger partial charge >= 0.3 is 0 Å². The molecule has 1 amide bonds. The zero-order valence-electron chi connectivity index (χ0n) is 10.3. The van der Waals surface area contributed by atoms with Gasteiger partial charge in [-0.2, -0.15) is 4.98 Å². The van der Waals surface area contributed by atoms with Crippen LogP contribution >= 0.6 is 0 Å². The minimum Gasteiger partial charge on any atom is -0.481 e. The molecule has 92 valence electrons. The van der Waals surface area contributed by atoms with Gasteiger partial charge in [0.05, 0.1) is 12.8 Å². The molecule has 5 heteroatoms. The summed E-state index contributed by atoms with van der Waals surface area (Å²) in [6.45, 7) is 4.11. The lowest BCUT2D eigenvalue weighted by atomic mass is 9.97. The summed E-state index contributed by atoms with van der Waals surface area (Å²) >= 11 is 0. The zero-order valence-corrected chi connectivity index (χ0v) is 10.3. The van der Waals surface area contributed by atoms with Crippen molar-refractivity contribution in [1.29, 1.82) is 0 Å². The van der Waals surface area contributed by atoms with Crippen LogP contribution in [0.5, 0.6) is 5.88 Å². The molecular formula is C12H17N3O2. The molecule has 2 rings (SSSR count). The summed E-state index contributed by atoms with van der Waals surface area (Å²) in [5.41, 5.74) is 0.704. The Morgan fingerprint density at radius 3 is 2.94 bits per heavy atom. The molecule has 0 radical (unpaired) electrons. The quantitative estimate of drug-likeness (QED) is 0.839. The lowest BCUT2D eigenvalue weighted by molar-refractivity contribution is -0.118. The first-order valence-corrected chi connectivity index (χ1v) is 5.78. The second-order valence-electron chi connectivity index (χ2n) is 4.25. The highest BCUT2D eigenvalue weighted by atomic mass is 16.5. The molecule has 0 saturated heterocycles. The van der Waals surface area contributed by atoms with Gasteiger partial charge in [0.1, 0.15) is 6.04 Å². The zero-order chi connectivity index (χ0) is 12.4. The van der Waals surface area contributed by atoms with Crippen molar-refractivity contribution < 1.29 is 9.53 Å². The Balaban J connectivity index is 2.28. The number of carbonyl (C=O) groups is 1. The summed E-state index contributed by atoms with van der Waals surface area (Å²) in [6.07, 6.45) is 0.935. The molecule has 0 saturated carbocycles. The van der Waals surface area contributed by atoms with Crippen LogP contribution in [0.4, 0.5) is 11.5 Å². The molecule has 2 N–H and O–H groups in total. The van der Waals surface area contributed by atoms with E-state index in [4.69, 9.17) is 4.74 Å². The number of nitrogens with one attached hydrogen (secondary N) is 2. The molecule has 0 fully saturated rings. The van der Waals surface area contributed by atoms with Gasteiger partial charge in [-0.25, -0.2) is 0 Å². The summed E-state index contributed by atoms with van der Waals surface area (Å²) in [6, 6.07) is 3.29. The number of amides is 1. The predicted octanol–water partition coefficient (Wildman–Crippen LogP) is 1.87. The Hall–Kier alpha value is -1.78. The number of hydrogen-bond donors (Lipinski definition) is 2. The Morgan fingerprint density at radius 2 is 2.29 bits per heavy atom. The number of nitrogens with zero attached hydrogens (tertiary/aromatic N) is 1. The fraction of sp³-hybridized carbons (Fsp3) is 0.500. The number of carbonyl (C=O) groups excluding carboxylic acids is 1. The van der Waals surface area contributed by atoms with Crippen molar-refractivity contribution >= 4 is 17.4 Å². The van der Waals surface area contributed by atoms with E-state index >= 15 is 0 Å². The van der Waals surface area contributed by atoms with Crippen molar-refractivity contribution in [1.82, 2.24) is 4.98 Å². The molecule has 17 heavy (non-hydrogen) atoms. The normalized spacial score (nSPS) is 19.9. The number of fused-ring (bicyclic) bond motifs is 1. The maximum atomic E-state index is 11.9. The van der Waals surface area contributed by atoms with E-state index < -0.39 is 0 Å². The van der Waals surface area contributed by atoms with Crippen molar-refractivity contribution in [3.8, 4) is 5.88 Å². The van der Waals surface area contributed by atoms with Crippen molar-refractivity contribution in [3.05, 3.63) is 12.1 Å². The van der Waals surface area contributed by atoms with E-state index in [2.05, 4.69) is 22.5 Å². The summed E-state index contributed by atoms with van der Waals surface area (Å²) in [5.74, 6) is 1.47. The van der Waals surface area contributed by atoms with Gasteiger partial charge in [-0.15, -0.1) is 0 Å². The van der Waals surface area contributed by atoms with Gasteiger partial charge in [-0.1, -0.05) is 20.3 Å². The second kappa shape index (κ2) is 4.61. The van der Waals surface area contributed by atoms with Gasteiger partial charge in [0, 0.05) is 6.07 Å². The van der Waals surface area contributed by atoms with E-state index in [1.54, 1.807) is 19.2 Å². The van der Waals surface area contributed by atoms with Crippen LogP contribution in [-0.2, 0) is 4.79 Å². The van der Waals surface area contributed by atoms with Gasteiger partial charge in [-0.3, -0.25) is 4.79 Å². The molecule has 0 spiro atoms. The molecule has 2 unspecified atom stereocenters. The number of anilines is 2. The smallest absolute Gasteiger partial charge is 0.247 e. The van der Waals surface area contributed by atoms with E-state index in [-0.39, 0.29) is 17.9 Å². The van der Waals surface area contributed by atoms with E-state index in [1.807, 2.05) is 6.92 Å². The van der Waals surface area contributed by atoms with Gasteiger partial charge < -0.3 is 15.4 Å². The van der Waals surface area contributed by atoms with Crippen LogP contribution in [0.3, 0.4) is 0 Å². The van der Waals surface area contributed by atoms with Crippen LogP contribution < -0.4 is 15.4 Å². The summed E-state index contributed by atoms with van der Waals surface area (Å²) in [7, 11) is 1.57. The average molecular weight is 235 g/mol. The van der Waals surface area contributed by atoms with Gasteiger partial charge in [0.2, 0.25) is 11.8 Å². The lowest BCUT2D eigenvalue weighted by Gasteiger charge is -2.29. The molecule has 1 aliphatic rings. The van der Waals surface area contributed by atoms with Crippen LogP contribution in [0.25, 0.3) is 0 Å². The molecule has 0 aromatic carbocycles. The maximum Gasteiger partial charge on any atom is 0.247 e. The molecule has 1 aromatic heterocycles. The van der Waals surface area contributed by atoms with E-state index in [9.17, 15) is 4.79 Å². The van der Waals surface area contributed by atoms with Gasteiger partial charge in [-0.05, 0) is 12.0 Å². The third-order valence-corrected chi connectivity index (χ3v) is 3.12. The highest BCUT2D eigenvalue weighted by molar-refractivity contribution is 6.02. The minimum absolute atomic E-state index is 0.00110. The first-order chi connectivity index (χ1) is 8.15. The van der Waals surface area contributed by atoms with Crippen LogP contribution in [-0.4, -0.2) is 24.0 Å². The monoisotopic (exact) mass is 235 g/mol. The second-order valence-corrected chi connectivity index (χ2v) is 4.25. The first kappa shape index (κ1) is 11.7. The van der Waals surface area contributed by atoms with Crippen molar-refractivity contribution in [2.45, 2.75) is 26.3 Å². The van der Waals surface area contributed by atoms with Gasteiger partial charge in [0.15, 0.2) is 5.82 Å². The molecule has 2 heterocycles. The molecule has 2 atom stereocenters. The third-order valence-electron chi connectivity index (χ3n) is 3.12. The van der Waals surface area contributed by atoms with Crippen molar-refractivity contribution in [3.63, 3.8) is 0 Å². The van der Waals surface area contributed by atoms with Crippen molar-refractivity contribution in [2.75, 3.05) is 17.7 Å². The predicted molar refractivity (Wildman–Crippen MR) is 66.3 cm³/mol. The lowest BCUT2D eigenvalue weighted by Crippen LogP contribution is -2.43. The van der Waals surface area contributed by atoms with E-state index in [1.165, 1.54) is 0 Å². The number of rotatable bonds is 3. The van der Waals surface area contributed by atoms with Gasteiger partial charge in [0.25, 0.3) is 0 Å². The molecule has 0 bridgehead atoms. The van der Waals surface area contributed by atoms with Crippen LogP contribution in [0.2, 0.25) is 0 Å². The Labute approximate surface area is 101 Å². The molecule has 5 nitrogen and oxygen atoms in total. The Kier molecular flexibility index (Phi) is 3.17. The third kappa shape index (κ3) is 2.18. The number of aromatic nitrogens is 1. The SMILES string of the molecule is CCC(C)C1Nc2nc(OC)ccc2NC1=O. The molecular weight excluding hydrogens is 218 g/mol. The Morgan fingerprint density at radius 1 is 1.53 bits per heavy atom. The van der Waals surface area contributed by atoms with E-state index in [0.29, 0.717) is 17.4 Å².